The molecular formula is C26H31Cl2N5O4S. The Kier molecular flexibility index (Phi) is 9.37. The lowest BCUT2D eigenvalue weighted by molar-refractivity contribution is -0.142. The Bertz CT molecular complexity index is 1490. The molecule has 0 aliphatic carbocycles. The SMILES string of the molecule is C/C(N)=C/C=C(\N)n1cc(C)c2cc(N(CC(=O)OCCN(C)C)S(=O)(=O)c3cc(Cl)cc(Cl)c3)ccc21. The molecule has 0 atom stereocenters. The number of allylic oxidation sites excluding steroid dienone is 3. The number of carbonyl (C=O) groups excluding carboxylic acids is 1. The van der Waals surface area contributed by atoms with E-state index in [2.05, 4.69) is 0 Å². The predicted octanol–water partition coefficient (Wildman–Crippen LogP) is 4.18. The van der Waals surface area contributed by atoms with Crippen LogP contribution in [0.5, 0.6) is 0 Å². The van der Waals surface area contributed by atoms with Crippen LogP contribution in [0, 0.1) is 6.92 Å². The lowest BCUT2D eigenvalue weighted by Crippen LogP contribution is -2.37. The van der Waals surface area contributed by atoms with Gasteiger partial charge in [-0.2, -0.15) is 0 Å². The molecule has 1 aromatic heterocycles. The number of benzene rings is 2. The number of hydrogen-bond donors (Lipinski definition) is 2. The van der Waals surface area contributed by atoms with Gasteiger partial charge in [0.2, 0.25) is 0 Å². The highest BCUT2D eigenvalue weighted by atomic mass is 35.5. The lowest BCUT2D eigenvalue weighted by atomic mass is 10.2. The minimum Gasteiger partial charge on any atom is -0.463 e. The summed E-state index contributed by atoms with van der Waals surface area (Å²) in [4.78, 5) is 14.4. The van der Waals surface area contributed by atoms with Gasteiger partial charge in [-0.25, -0.2) is 8.42 Å². The summed E-state index contributed by atoms with van der Waals surface area (Å²) < 4.78 is 35.6. The summed E-state index contributed by atoms with van der Waals surface area (Å²) in [6, 6.07) is 9.03. The minimum absolute atomic E-state index is 0.117. The fourth-order valence-corrected chi connectivity index (χ4v) is 5.80. The molecule has 4 N–H and O–H groups in total. The number of halogens is 2. The van der Waals surface area contributed by atoms with E-state index in [0.29, 0.717) is 18.1 Å². The van der Waals surface area contributed by atoms with Gasteiger partial charge in [0.1, 0.15) is 19.0 Å². The molecule has 0 amide bonds. The number of carbonyl (C=O) groups is 1. The second-order valence-electron chi connectivity index (χ2n) is 9.03. The number of nitrogens with two attached hydrogens (primary N) is 2. The number of likely N-dealkylation sites (N-methyl/N-ethyl adjacent to an activating group) is 1. The van der Waals surface area contributed by atoms with Crippen LogP contribution in [-0.2, 0) is 19.6 Å². The van der Waals surface area contributed by atoms with Crippen molar-refractivity contribution in [1.29, 1.82) is 0 Å². The summed E-state index contributed by atoms with van der Waals surface area (Å²) in [5.74, 6) is -0.266. The number of esters is 1. The van der Waals surface area contributed by atoms with Crippen molar-refractivity contribution in [3.63, 3.8) is 0 Å². The van der Waals surface area contributed by atoms with Crippen molar-refractivity contribution in [2.24, 2.45) is 11.5 Å². The van der Waals surface area contributed by atoms with Gasteiger partial charge >= 0.3 is 5.97 Å². The fraction of sp³-hybridized carbons (Fsp3) is 0.269. The number of aromatic nitrogens is 1. The number of rotatable bonds is 10. The normalized spacial score (nSPS) is 12.8. The molecule has 38 heavy (non-hydrogen) atoms. The Balaban J connectivity index is 2.10. The van der Waals surface area contributed by atoms with Crippen LogP contribution < -0.4 is 15.8 Å². The fourth-order valence-electron chi connectivity index (χ4n) is 3.67. The molecule has 3 rings (SSSR count). The lowest BCUT2D eigenvalue weighted by Gasteiger charge is -2.24. The van der Waals surface area contributed by atoms with Gasteiger partial charge in [0.25, 0.3) is 10.0 Å². The average molecular weight is 581 g/mol. The van der Waals surface area contributed by atoms with Gasteiger partial charge in [0.15, 0.2) is 0 Å². The van der Waals surface area contributed by atoms with Crippen molar-refractivity contribution in [1.82, 2.24) is 9.47 Å². The van der Waals surface area contributed by atoms with E-state index in [1.165, 1.54) is 18.2 Å². The second kappa shape index (κ2) is 12.1. The molecule has 0 aliphatic rings. The molecule has 0 aliphatic heterocycles. The molecule has 0 saturated heterocycles. The number of aryl methyl sites for hydroxylation is 1. The molecule has 12 heteroatoms. The number of fused-ring (bicyclic) bond motifs is 1. The van der Waals surface area contributed by atoms with E-state index in [-0.39, 0.29) is 27.2 Å². The van der Waals surface area contributed by atoms with E-state index < -0.39 is 22.5 Å². The molecule has 0 spiro atoms. The van der Waals surface area contributed by atoms with E-state index in [4.69, 9.17) is 39.4 Å². The first-order valence-electron chi connectivity index (χ1n) is 11.6. The Morgan fingerprint density at radius 2 is 1.74 bits per heavy atom. The summed E-state index contributed by atoms with van der Waals surface area (Å²) >= 11 is 12.2. The van der Waals surface area contributed by atoms with Crippen molar-refractivity contribution in [3.8, 4) is 0 Å². The Morgan fingerprint density at radius 1 is 1.08 bits per heavy atom. The molecule has 0 unspecified atom stereocenters. The van der Waals surface area contributed by atoms with E-state index in [1.54, 1.807) is 41.8 Å². The van der Waals surface area contributed by atoms with Gasteiger partial charge in [-0.3, -0.25) is 9.10 Å². The van der Waals surface area contributed by atoms with Gasteiger partial charge in [-0.05, 0) is 82.1 Å². The van der Waals surface area contributed by atoms with Crippen LogP contribution in [0.15, 0.2) is 65.3 Å². The zero-order valence-electron chi connectivity index (χ0n) is 21.6. The van der Waals surface area contributed by atoms with Crippen LogP contribution >= 0.6 is 23.2 Å². The predicted molar refractivity (Wildman–Crippen MR) is 154 cm³/mol. The average Bonchev–Trinajstić information content (AvgIpc) is 3.16. The van der Waals surface area contributed by atoms with Crippen LogP contribution in [0.4, 0.5) is 5.69 Å². The molecular weight excluding hydrogens is 549 g/mol. The van der Waals surface area contributed by atoms with E-state index in [0.717, 1.165) is 20.8 Å². The standard InChI is InChI=1S/C26H31Cl2N5O4S/c1-17-15-32(25(30)8-5-18(2)29)24-7-6-21(14-23(17)24)33(16-26(34)37-10-9-31(3)4)38(35,36)22-12-19(27)11-20(28)13-22/h5-8,11-15H,9-10,16,29-30H2,1-4H3/b18-5-,25-8+. The van der Waals surface area contributed by atoms with Crippen LogP contribution in [0.25, 0.3) is 16.7 Å². The Hall–Kier alpha value is -3.18. The highest BCUT2D eigenvalue weighted by Crippen LogP contribution is 2.32. The summed E-state index contributed by atoms with van der Waals surface area (Å²) in [6.45, 7) is 3.70. The summed E-state index contributed by atoms with van der Waals surface area (Å²) in [7, 11) is -0.576. The van der Waals surface area contributed by atoms with Crippen molar-refractivity contribution >= 4 is 61.6 Å². The van der Waals surface area contributed by atoms with Gasteiger partial charge in [-0.15, -0.1) is 0 Å². The van der Waals surface area contributed by atoms with E-state index in [9.17, 15) is 13.2 Å². The molecule has 0 fully saturated rings. The van der Waals surface area contributed by atoms with Gasteiger partial charge in [0.05, 0.1) is 16.1 Å². The number of ether oxygens (including phenoxy) is 1. The third-order valence-electron chi connectivity index (χ3n) is 5.57. The Labute approximate surface area is 232 Å². The topological polar surface area (TPSA) is 124 Å². The first-order valence-corrected chi connectivity index (χ1v) is 13.8. The van der Waals surface area contributed by atoms with Crippen LogP contribution in [-0.4, -0.2) is 57.6 Å². The second-order valence-corrected chi connectivity index (χ2v) is 11.8. The third-order valence-corrected chi connectivity index (χ3v) is 7.76. The maximum absolute atomic E-state index is 13.8. The zero-order valence-corrected chi connectivity index (χ0v) is 23.9. The molecule has 0 saturated carbocycles. The zero-order chi connectivity index (χ0) is 28.2. The largest absolute Gasteiger partial charge is 0.463 e. The number of sulfonamides is 1. The highest BCUT2D eigenvalue weighted by Gasteiger charge is 2.29. The van der Waals surface area contributed by atoms with Crippen molar-refractivity contribution in [2.75, 3.05) is 38.1 Å². The monoisotopic (exact) mass is 579 g/mol. The van der Waals surface area contributed by atoms with Gasteiger partial charge < -0.3 is 25.7 Å². The van der Waals surface area contributed by atoms with Crippen molar-refractivity contribution < 1.29 is 17.9 Å². The Morgan fingerprint density at radius 3 is 2.34 bits per heavy atom. The summed E-state index contributed by atoms with van der Waals surface area (Å²) in [5, 5.41) is 1.05. The van der Waals surface area contributed by atoms with Crippen molar-refractivity contribution in [2.45, 2.75) is 18.7 Å². The number of anilines is 1. The maximum atomic E-state index is 13.8. The summed E-state index contributed by atoms with van der Waals surface area (Å²) in [5.41, 5.74) is 14.4. The van der Waals surface area contributed by atoms with Gasteiger partial charge in [-0.1, -0.05) is 23.2 Å². The van der Waals surface area contributed by atoms with Crippen LogP contribution in [0.2, 0.25) is 10.0 Å². The number of nitrogens with zero attached hydrogens (tertiary/aromatic N) is 3. The number of hydrogen-bond acceptors (Lipinski definition) is 7. The smallest absolute Gasteiger partial charge is 0.326 e. The molecule has 204 valence electrons. The van der Waals surface area contributed by atoms with Crippen LogP contribution in [0.3, 0.4) is 0 Å². The quantitative estimate of drug-likeness (QED) is 0.273. The van der Waals surface area contributed by atoms with Crippen molar-refractivity contribution in [3.05, 3.63) is 76.1 Å². The molecule has 0 radical (unpaired) electrons. The van der Waals surface area contributed by atoms with Crippen LogP contribution in [0.1, 0.15) is 12.5 Å². The first kappa shape index (κ1) is 29.4. The van der Waals surface area contributed by atoms with E-state index >= 15 is 0 Å². The summed E-state index contributed by atoms with van der Waals surface area (Å²) in [6.07, 6.45) is 5.22. The molecule has 0 bridgehead atoms. The first-order chi connectivity index (χ1) is 17.8. The highest BCUT2D eigenvalue weighted by molar-refractivity contribution is 7.92. The third kappa shape index (κ3) is 7.02. The molecule has 3 aromatic rings. The van der Waals surface area contributed by atoms with Gasteiger partial charge in [0, 0.05) is 33.9 Å². The minimum atomic E-state index is -4.26. The molecule has 9 nitrogen and oxygen atoms in total. The molecule has 1 heterocycles. The van der Waals surface area contributed by atoms with E-state index in [1.807, 2.05) is 32.1 Å². The maximum Gasteiger partial charge on any atom is 0.326 e. The molecule has 2 aromatic carbocycles.